The summed E-state index contributed by atoms with van der Waals surface area (Å²) < 4.78 is 5.37. The molecule has 2 aliphatic heterocycles. The van der Waals surface area contributed by atoms with Crippen molar-refractivity contribution in [3.05, 3.63) is 0 Å². The third-order valence-electron chi connectivity index (χ3n) is 3.85. The predicted molar refractivity (Wildman–Crippen MR) is 68.9 cm³/mol. The zero-order valence-electron chi connectivity index (χ0n) is 11.1. The van der Waals surface area contributed by atoms with Crippen LogP contribution < -0.4 is 5.32 Å². The normalized spacial score (nSPS) is 27.9. The molecule has 0 radical (unpaired) electrons. The van der Waals surface area contributed by atoms with Crippen molar-refractivity contribution >= 4 is 12.0 Å². The second-order valence-electron chi connectivity index (χ2n) is 5.39. The van der Waals surface area contributed by atoms with Crippen LogP contribution in [0.3, 0.4) is 0 Å². The number of hydrogen-bond acceptors (Lipinski definition) is 3. The van der Waals surface area contributed by atoms with E-state index in [4.69, 9.17) is 9.84 Å². The van der Waals surface area contributed by atoms with Gasteiger partial charge in [0.1, 0.15) is 0 Å². The molecule has 0 bridgehead atoms. The zero-order chi connectivity index (χ0) is 13.7. The summed E-state index contributed by atoms with van der Waals surface area (Å²) in [5.74, 6) is -0.839. The van der Waals surface area contributed by atoms with Gasteiger partial charge < -0.3 is 20.1 Å². The first-order valence-electron chi connectivity index (χ1n) is 7.00. The van der Waals surface area contributed by atoms with Crippen LogP contribution in [0.1, 0.15) is 25.7 Å². The van der Waals surface area contributed by atoms with E-state index in [1.165, 1.54) is 0 Å². The summed E-state index contributed by atoms with van der Waals surface area (Å²) in [6.07, 6.45) is 3.55. The molecule has 2 aliphatic rings. The van der Waals surface area contributed by atoms with E-state index < -0.39 is 11.9 Å². The van der Waals surface area contributed by atoms with E-state index in [1.54, 1.807) is 4.90 Å². The highest BCUT2D eigenvalue weighted by Gasteiger charge is 2.28. The topological polar surface area (TPSA) is 78.9 Å². The molecular formula is C13H22N2O4. The maximum atomic E-state index is 12.0. The Balaban J connectivity index is 1.74. The van der Waals surface area contributed by atoms with Crippen molar-refractivity contribution < 1.29 is 19.4 Å². The predicted octanol–water partition coefficient (Wildman–Crippen LogP) is 0.919. The number of carboxylic acid groups (broad SMARTS) is 1. The summed E-state index contributed by atoms with van der Waals surface area (Å²) >= 11 is 0. The van der Waals surface area contributed by atoms with Gasteiger partial charge >= 0.3 is 12.0 Å². The van der Waals surface area contributed by atoms with Gasteiger partial charge in [-0.1, -0.05) is 0 Å². The number of carbonyl (C=O) groups excluding carboxylic acids is 1. The lowest BCUT2D eigenvalue weighted by Crippen LogP contribution is -2.48. The van der Waals surface area contributed by atoms with Gasteiger partial charge in [0.2, 0.25) is 0 Å². The third-order valence-corrected chi connectivity index (χ3v) is 3.85. The first-order valence-corrected chi connectivity index (χ1v) is 7.00. The Labute approximate surface area is 113 Å². The van der Waals surface area contributed by atoms with E-state index in [-0.39, 0.29) is 6.03 Å². The van der Waals surface area contributed by atoms with E-state index in [2.05, 4.69) is 5.32 Å². The van der Waals surface area contributed by atoms with E-state index in [1.807, 2.05) is 0 Å². The number of carbonyl (C=O) groups is 2. The van der Waals surface area contributed by atoms with Crippen molar-refractivity contribution in [1.29, 1.82) is 0 Å². The van der Waals surface area contributed by atoms with Crippen molar-refractivity contribution in [3.63, 3.8) is 0 Å². The van der Waals surface area contributed by atoms with Crippen molar-refractivity contribution in [2.45, 2.75) is 25.7 Å². The van der Waals surface area contributed by atoms with Crippen LogP contribution in [0, 0.1) is 11.8 Å². The van der Waals surface area contributed by atoms with Gasteiger partial charge in [-0.25, -0.2) is 4.79 Å². The number of rotatable bonds is 3. The number of urea groups is 1. The molecule has 2 saturated heterocycles. The minimum absolute atomic E-state index is 0.142. The number of aliphatic carboxylic acids is 1. The Kier molecular flexibility index (Phi) is 5.01. The van der Waals surface area contributed by atoms with Gasteiger partial charge in [0.05, 0.1) is 12.5 Å². The molecule has 2 heterocycles. The summed E-state index contributed by atoms with van der Waals surface area (Å²) in [6.45, 7) is 3.11. The van der Waals surface area contributed by atoms with E-state index in [0.717, 1.165) is 25.9 Å². The van der Waals surface area contributed by atoms with Crippen molar-refractivity contribution in [1.82, 2.24) is 10.2 Å². The number of nitrogens with one attached hydrogen (secondary N) is 1. The van der Waals surface area contributed by atoms with Gasteiger partial charge in [-0.3, -0.25) is 4.79 Å². The van der Waals surface area contributed by atoms with Gasteiger partial charge in [-0.05, 0) is 31.6 Å². The maximum Gasteiger partial charge on any atom is 0.317 e. The molecule has 19 heavy (non-hydrogen) atoms. The number of nitrogens with zero attached hydrogens (tertiary/aromatic N) is 1. The number of carboxylic acids is 1. The van der Waals surface area contributed by atoms with E-state index >= 15 is 0 Å². The molecule has 1 unspecified atom stereocenters. The first-order chi connectivity index (χ1) is 9.16. The largest absolute Gasteiger partial charge is 0.481 e. The van der Waals surface area contributed by atoms with Crippen LogP contribution in [0.4, 0.5) is 4.79 Å². The minimum Gasteiger partial charge on any atom is -0.481 e. The fourth-order valence-electron chi connectivity index (χ4n) is 2.68. The fourth-order valence-corrected chi connectivity index (χ4v) is 2.68. The second kappa shape index (κ2) is 6.75. The highest BCUT2D eigenvalue weighted by atomic mass is 16.5. The molecule has 0 saturated carbocycles. The van der Waals surface area contributed by atoms with Crippen LogP contribution in [0.25, 0.3) is 0 Å². The Hall–Kier alpha value is -1.30. The quantitative estimate of drug-likeness (QED) is 0.799. The number of hydrogen-bond donors (Lipinski definition) is 2. The van der Waals surface area contributed by atoms with Crippen LogP contribution in [0.15, 0.2) is 0 Å². The first kappa shape index (κ1) is 14.1. The van der Waals surface area contributed by atoms with Gasteiger partial charge in [0, 0.05) is 26.2 Å². The SMILES string of the molecule is O=C(O)[C@H]1CCCN(C(=O)NCC2CCCOC2)C1. The lowest BCUT2D eigenvalue weighted by atomic mass is 9.98. The van der Waals surface area contributed by atoms with Crippen molar-refractivity contribution in [2.24, 2.45) is 11.8 Å². The smallest absolute Gasteiger partial charge is 0.317 e. The Morgan fingerprint density at radius 3 is 2.84 bits per heavy atom. The fraction of sp³-hybridized carbons (Fsp3) is 0.846. The summed E-state index contributed by atoms with van der Waals surface area (Å²) in [5, 5.41) is 11.9. The highest BCUT2D eigenvalue weighted by molar-refractivity contribution is 5.76. The second-order valence-corrected chi connectivity index (χ2v) is 5.39. The molecule has 2 atom stereocenters. The number of likely N-dealkylation sites (tertiary alicyclic amines) is 1. The lowest BCUT2D eigenvalue weighted by Gasteiger charge is -2.31. The highest BCUT2D eigenvalue weighted by Crippen LogP contribution is 2.17. The number of amides is 2. The molecule has 0 aromatic heterocycles. The van der Waals surface area contributed by atoms with E-state index in [0.29, 0.717) is 38.6 Å². The van der Waals surface area contributed by atoms with Crippen LogP contribution in [0.5, 0.6) is 0 Å². The zero-order valence-corrected chi connectivity index (χ0v) is 11.1. The van der Waals surface area contributed by atoms with Crippen LogP contribution in [0.2, 0.25) is 0 Å². The van der Waals surface area contributed by atoms with Gasteiger partial charge in [-0.15, -0.1) is 0 Å². The molecule has 0 aromatic rings. The molecular weight excluding hydrogens is 248 g/mol. The molecule has 2 amide bonds. The van der Waals surface area contributed by atoms with Gasteiger partial charge in [0.15, 0.2) is 0 Å². The molecule has 2 N–H and O–H groups in total. The average Bonchev–Trinajstić information content (AvgIpc) is 2.46. The molecule has 108 valence electrons. The summed E-state index contributed by atoms with van der Waals surface area (Å²) in [5.41, 5.74) is 0. The van der Waals surface area contributed by atoms with Gasteiger partial charge in [-0.2, -0.15) is 0 Å². The Bertz CT molecular complexity index is 329. The van der Waals surface area contributed by atoms with Crippen LogP contribution in [-0.4, -0.2) is 54.9 Å². The molecule has 2 rings (SSSR count). The summed E-state index contributed by atoms with van der Waals surface area (Å²) in [4.78, 5) is 24.6. The van der Waals surface area contributed by atoms with Crippen LogP contribution in [-0.2, 0) is 9.53 Å². The summed E-state index contributed by atoms with van der Waals surface area (Å²) in [7, 11) is 0. The molecule has 2 fully saturated rings. The lowest BCUT2D eigenvalue weighted by molar-refractivity contribution is -0.143. The number of ether oxygens (including phenoxy) is 1. The molecule has 0 aromatic carbocycles. The maximum absolute atomic E-state index is 12.0. The third kappa shape index (κ3) is 4.09. The molecule has 6 heteroatoms. The average molecular weight is 270 g/mol. The molecule has 6 nitrogen and oxygen atoms in total. The van der Waals surface area contributed by atoms with E-state index in [9.17, 15) is 9.59 Å². The number of piperidine rings is 1. The van der Waals surface area contributed by atoms with Gasteiger partial charge in [0.25, 0.3) is 0 Å². The van der Waals surface area contributed by atoms with Crippen molar-refractivity contribution in [3.8, 4) is 0 Å². The molecule has 0 spiro atoms. The standard InChI is InChI=1S/C13H22N2O4/c16-12(17)11-4-1-5-15(8-11)13(18)14-7-10-3-2-6-19-9-10/h10-11H,1-9H2,(H,14,18)(H,16,17)/t10?,11-/m0/s1. The Morgan fingerprint density at radius 2 is 2.16 bits per heavy atom. The Morgan fingerprint density at radius 1 is 1.32 bits per heavy atom. The minimum atomic E-state index is -0.807. The molecule has 0 aliphatic carbocycles. The van der Waals surface area contributed by atoms with Crippen molar-refractivity contribution in [2.75, 3.05) is 32.8 Å². The monoisotopic (exact) mass is 270 g/mol. The summed E-state index contributed by atoms with van der Waals surface area (Å²) in [6, 6.07) is -0.142. The van der Waals surface area contributed by atoms with Crippen LogP contribution >= 0.6 is 0 Å².